The molecule has 0 radical (unpaired) electrons. The third kappa shape index (κ3) is 5.07. The van der Waals surface area contributed by atoms with Crippen LogP contribution >= 0.6 is 0 Å². The SMILES string of the molecule is CC(O)(CNC(=O)CC1CCCC1NC(=O)OCC1c2ccccc2-c2ccccc21)C(=O)O. The molecule has 1 fully saturated rings. The van der Waals surface area contributed by atoms with E-state index in [4.69, 9.17) is 9.84 Å². The van der Waals surface area contributed by atoms with E-state index in [9.17, 15) is 19.5 Å². The number of hydrogen-bond acceptors (Lipinski definition) is 5. The monoisotopic (exact) mass is 466 g/mol. The zero-order valence-electron chi connectivity index (χ0n) is 19.1. The smallest absolute Gasteiger partial charge is 0.407 e. The minimum absolute atomic E-state index is 0.0228. The van der Waals surface area contributed by atoms with Crippen molar-refractivity contribution < 1.29 is 29.3 Å². The normalized spacial score (nSPS) is 20.6. The maximum Gasteiger partial charge on any atom is 0.407 e. The third-order valence-electron chi connectivity index (χ3n) is 6.84. The highest BCUT2D eigenvalue weighted by molar-refractivity contribution is 5.81. The second-order valence-electron chi connectivity index (χ2n) is 9.33. The summed E-state index contributed by atoms with van der Waals surface area (Å²) in [4.78, 5) is 35.9. The van der Waals surface area contributed by atoms with Gasteiger partial charge >= 0.3 is 12.1 Å². The fraction of sp³-hybridized carbons (Fsp3) is 0.423. The molecule has 2 aliphatic rings. The fourth-order valence-corrected chi connectivity index (χ4v) is 4.92. The maximum atomic E-state index is 12.6. The standard InChI is InChI=1S/C26H30N2O6/c1-26(33,24(30)31)15-27-23(29)13-16-7-6-12-22(16)28-25(32)34-14-21-19-10-4-2-8-17(19)18-9-3-5-11-20(18)21/h2-5,8-11,16,21-22,33H,6-7,12-15H2,1H3,(H,27,29)(H,28,32)(H,30,31). The molecule has 8 nitrogen and oxygen atoms in total. The van der Waals surface area contributed by atoms with Gasteiger partial charge in [-0.2, -0.15) is 0 Å². The van der Waals surface area contributed by atoms with Crippen molar-refractivity contribution in [3.8, 4) is 11.1 Å². The third-order valence-corrected chi connectivity index (χ3v) is 6.84. The average Bonchev–Trinajstić information content (AvgIpc) is 3.38. The highest BCUT2D eigenvalue weighted by Crippen LogP contribution is 2.44. The van der Waals surface area contributed by atoms with Crippen LogP contribution in [0.25, 0.3) is 11.1 Å². The molecule has 0 heterocycles. The fourth-order valence-electron chi connectivity index (χ4n) is 4.92. The van der Waals surface area contributed by atoms with E-state index in [1.54, 1.807) is 0 Å². The number of amides is 2. The Hall–Kier alpha value is -3.39. The molecule has 4 rings (SSSR count). The molecule has 2 amide bonds. The first-order chi connectivity index (χ1) is 16.3. The Labute approximate surface area is 198 Å². The number of aliphatic hydroxyl groups is 1. The molecular formula is C26H30N2O6. The zero-order chi connectivity index (χ0) is 24.3. The molecule has 8 heteroatoms. The van der Waals surface area contributed by atoms with Gasteiger partial charge in [-0.05, 0) is 47.9 Å². The van der Waals surface area contributed by atoms with Gasteiger partial charge in [0, 0.05) is 18.4 Å². The average molecular weight is 467 g/mol. The quantitative estimate of drug-likeness (QED) is 0.474. The van der Waals surface area contributed by atoms with Crippen LogP contribution in [0.15, 0.2) is 48.5 Å². The Bertz CT molecular complexity index is 1040. The van der Waals surface area contributed by atoms with Crippen molar-refractivity contribution in [1.82, 2.24) is 10.6 Å². The lowest BCUT2D eigenvalue weighted by Crippen LogP contribution is -2.47. The van der Waals surface area contributed by atoms with Gasteiger partial charge < -0.3 is 25.6 Å². The Morgan fingerprint density at radius 1 is 1.03 bits per heavy atom. The summed E-state index contributed by atoms with van der Waals surface area (Å²) in [7, 11) is 0. The van der Waals surface area contributed by atoms with Crippen LogP contribution in [0.3, 0.4) is 0 Å². The summed E-state index contributed by atoms with van der Waals surface area (Å²) in [6.07, 6.45) is 2.03. The number of aliphatic carboxylic acids is 1. The molecule has 0 saturated heterocycles. The molecule has 2 aliphatic carbocycles. The van der Waals surface area contributed by atoms with Crippen molar-refractivity contribution in [1.29, 1.82) is 0 Å². The highest BCUT2D eigenvalue weighted by Gasteiger charge is 2.34. The van der Waals surface area contributed by atoms with Crippen molar-refractivity contribution in [3.05, 3.63) is 59.7 Å². The topological polar surface area (TPSA) is 125 Å². The van der Waals surface area contributed by atoms with E-state index in [0.717, 1.165) is 48.4 Å². The largest absolute Gasteiger partial charge is 0.479 e. The van der Waals surface area contributed by atoms with Crippen molar-refractivity contribution >= 4 is 18.0 Å². The lowest BCUT2D eigenvalue weighted by molar-refractivity contribution is -0.156. The van der Waals surface area contributed by atoms with Gasteiger partial charge in [0.15, 0.2) is 5.60 Å². The van der Waals surface area contributed by atoms with E-state index >= 15 is 0 Å². The summed E-state index contributed by atoms with van der Waals surface area (Å²) in [5, 5.41) is 24.1. The Balaban J connectivity index is 1.30. The van der Waals surface area contributed by atoms with Crippen LogP contribution in [0.5, 0.6) is 0 Å². The molecule has 3 atom stereocenters. The summed E-state index contributed by atoms with van der Waals surface area (Å²) in [5.41, 5.74) is 2.59. The van der Waals surface area contributed by atoms with Crippen molar-refractivity contribution in [3.63, 3.8) is 0 Å². The minimum Gasteiger partial charge on any atom is -0.479 e. The Morgan fingerprint density at radius 2 is 1.65 bits per heavy atom. The van der Waals surface area contributed by atoms with Gasteiger partial charge in [-0.3, -0.25) is 4.79 Å². The van der Waals surface area contributed by atoms with E-state index < -0.39 is 17.7 Å². The van der Waals surface area contributed by atoms with Crippen LogP contribution in [-0.4, -0.2) is 53.0 Å². The molecular weight excluding hydrogens is 436 g/mol. The lowest BCUT2D eigenvalue weighted by Gasteiger charge is -2.23. The number of hydrogen-bond donors (Lipinski definition) is 4. The van der Waals surface area contributed by atoms with Gasteiger partial charge in [-0.25, -0.2) is 9.59 Å². The first-order valence-corrected chi connectivity index (χ1v) is 11.6. The van der Waals surface area contributed by atoms with Crippen molar-refractivity contribution in [2.75, 3.05) is 13.2 Å². The number of fused-ring (bicyclic) bond motifs is 3. The summed E-state index contributed by atoms with van der Waals surface area (Å²) in [5.74, 6) is -1.85. The minimum atomic E-state index is -2.02. The maximum absolute atomic E-state index is 12.6. The molecule has 1 saturated carbocycles. The number of rotatable bonds is 8. The molecule has 4 N–H and O–H groups in total. The molecule has 2 aromatic carbocycles. The molecule has 34 heavy (non-hydrogen) atoms. The molecule has 0 aliphatic heterocycles. The van der Waals surface area contributed by atoms with E-state index in [1.165, 1.54) is 0 Å². The Kier molecular flexibility index (Phi) is 6.88. The van der Waals surface area contributed by atoms with E-state index in [1.807, 2.05) is 24.3 Å². The first-order valence-electron chi connectivity index (χ1n) is 11.6. The predicted octanol–water partition coefficient (Wildman–Crippen LogP) is 3.04. The Morgan fingerprint density at radius 3 is 2.26 bits per heavy atom. The van der Waals surface area contributed by atoms with Gasteiger partial charge in [-0.15, -0.1) is 0 Å². The van der Waals surface area contributed by atoms with Crippen LogP contribution in [-0.2, 0) is 14.3 Å². The second-order valence-corrected chi connectivity index (χ2v) is 9.33. The summed E-state index contributed by atoms with van der Waals surface area (Å²) in [6.45, 7) is 0.979. The van der Waals surface area contributed by atoms with Crippen LogP contribution < -0.4 is 10.6 Å². The number of carboxylic acids is 1. The summed E-state index contributed by atoms with van der Waals surface area (Å²) < 4.78 is 5.62. The van der Waals surface area contributed by atoms with Crippen molar-refractivity contribution in [2.24, 2.45) is 5.92 Å². The summed E-state index contributed by atoms with van der Waals surface area (Å²) in [6, 6.07) is 16.1. The molecule has 2 aromatic rings. The molecule has 3 unspecified atom stereocenters. The van der Waals surface area contributed by atoms with Crippen LogP contribution in [0.2, 0.25) is 0 Å². The number of ether oxygens (including phenoxy) is 1. The second kappa shape index (κ2) is 9.85. The number of benzene rings is 2. The van der Waals surface area contributed by atoms with E-state index in [2.05, 4.69) is 34.9 Å². The van der Waals surface area contributed by atoms with Gasteiger partial charge in [0.25, 0.3) is 0 Å². The van der Waals surface area contributed by atoms with Crippen LogP contribution in [0.1, 0.15) is 49.7 Å². The lowest BCUT2D eigenvalue weighted by atomic mass is 9.98. The van der Waals surface area contributed by atoms with E-state index in [-0.39, 0.29) is 43.4 Å². The molecule has 0 bridgehead atoms. The number of alkyl carbamates (subject to hydrolysis) is 1. The first kappa shape index (κ1) is 23.8. The zero-order valence-corrected chi connectivity index (χ0v) is 19.1. The van der Waals surface area contributed by atoms with Crippen LogP contribution in [0, 0.1) is 5.92 Å². The van der Waals surface area contributed by atoms with E-state index in [0.29, 0.717) is 0 Å². The number of carboxylic acid groups (broad SMARTS) is 1. The number of nitrogens with one attached hydrogen (secondary N) is 2. The number of carbonyl (C=O) groups excluding carboxylic acids is 2. The highest BCUT2D eigenvalue weighted by atomic mass is 16.5. The predicted molar refractivity (Wildman–Crippen MR) is 125 cm³/mol. The van der Waals surface area contributed by atoms with Gasteiger partial charge in [0.1, 0.15) is 6.61 Å². The van der Waals surface area contributed by atoms with Crippen molar-refractivity contribution in [2.45, 2.75) is 50.2 Å². The van der Waals surface area contributed by atoms with Gasteiger partial charge in [0.2, 0.25) is 5.91 Å². The molecule has 0 spiro atoms. The molecule has 0 aromatic heterocycles. The summed E-state index contributed by atoms with van der Waals surface area (Å²) >= 11 is 0. The van der Waals surface area contributed by atoms with Crippen LogP contribution in [0.4, 0.5) is 4.79 Å². The van der Waals surface area contributed by atoms with Gasteiger partial charge in [-0.1, -0.05) is 55.0 Å². The van der Waals surface area contributed by atoms with Gasteiger partial charge in [0.05, 0.1) is 6.54 Å². The molecule has 180 valence electrons. The number of carbonyl (C=O) groups is 3.